The second-order valence-corrected chi connectivity index (χ2v) is 10.1. The van der Waals surface area contributed by atoms with Crippen molar-refractivity contribution in [2.45, 2.75) is 40.0 Å². The van der Waals surface area contributed by atoms with Crippen LogP contribution in [-0.4, -0.2) is 9.97 Å². The average Bonchev–Trinajstić information content (AvgIpc) is 3.15. The van der Waals surface area contributed by atoms with Crippen LogP contribution in [0.3, 0.4) is 0 Å². The van der Waals surface area contributed by atoms with E-state index in [9.17, 15) is 0 Å². The average molecular weight is 431 g/mol. The molecule has 0 aliphatic heterocycles. The smallest absolute Gasteiger partial charge is 0.144 e. The first kappa shape index (κ1) is 19.9. The van der Waals surface area contributed by atoms with Crippen LogP contribution in [0.1, 0.15) is 37.5 Å². The number of hydrogen-bond donors (Lipinski definition) is 0. The highest BCUT2D eigenvalue weighted by molar-refractivity contribution is 6.14. The number of para-hydroxylation sites is 1. The van der Waals surface area contributed by atoms with Gasteiger partial charge in [-0.15, -0.1) is 0 Å². The predicted octanol–water partition coefficient (Wildman–Crippen LogP) is 8.26. The van der Waals surface area contributed by atoms with E-state index in [4.69, 9.17) is 14.4 Å². The van der Waals surface area contributed by atoms with Crippen molar-refractivity contribution in [1.82, 2.24) is 9.97 Å². The molecule has 6 rings (SSSR count). The molecule has 0 amide bonds. The second-order valence-electron chi connectivity index (χ2n) is 10.1. The molecule has 0 N–H and O–H groups in total. The fraction of sp³-hybridized carbons (Fsp3) is 0.200. The molecule has 6 aromatic rings. The van der Waals surface area contributed by atoms with E-state index in [1.165, 1.54) is 27.5 Å². The Labute approximate surface area is 193 Å². The SMILES string of the molecule is Cc1ccc2c(c1)oc1c(-c3ncnc4c3ccc3cc(C(C)(C)C)cc(C)c34)cccc12. The van der Waals surface area contributed by atoms with Gasteiger partial charge in [-0.2, -0.15) is 0 Å². The van der Waals surface area contributed by atoms with Gasteiger partial charge >= 0.3 is 0 Å². The van der Waals surface area contributed by atoms with Crippen molar-refractivity contribution in [3.63, 3.8) is 0 Å². The summed E-state index contributed by atoms with van der Waals surface area (Å²) in [5.41, 5.74) is 8.53. The van der Waals surface area contributed by atoms with Crippen LogP contribution in [0.15, 0.2) is 71.4 Å². The molecule has 0 aliphatic carbocycles. The lowest BCUT2D eigenvalue weighted by Gasteiger charge is -2.21. The Morgan fingerprint density at radius 2 is 1.61 bits per heavy atom. The van der Waals surface area contributed by atoms with Crippen molar-refractivity contribution in [3.8, 4) is 11.3 Å². The molecule has 0 unspecified atom stereocenters. The molecule has 2 aromatic heterocycles. The molecule has 3 heteroatoms. The van der Waals surface area contributed by atoms with Crippen molar-refractivity contribution in [1.29, 1.82) is 0 Å². The largest absolute Gasteiger partial charge is 0.455 e. The maximum atomic E-state index is 6.37. The van der Waals surface area contributed by atoms with Crippen LogP contribution in [0, 0.1) is 13.8 Å². The predicted molar refractivity (Wildman–Crippen MR) is 138 cm³/mol. The van der Waals surface area contributed by atoms with Crippen molar-refractivity contribution in [2.24, 2.45) is 0 Å². The fourth-order valence-corrected chi connectivity index (χ4v) is 4.93. The summed E-state index contributed by atoms with van der Waals surface area (Å²) in [6, 6.07) is 21.6. The molecule has 0 bridgehead atoms. The van der Waals surface area contributed by atoms with Crippen molar-refractivity contribution in [2.75, 3.05) is 0 Å². The summed E-state index contributed by atoms with van der Waals surface area (Å²) in [6.45, 7) is 11.0. The third-order valence-electron chi connectivity index (χ3n) is 6.69. The van der Waals surface area contributed by atoms with Crippen LogP contribution >= 0.6 is 0 Å². The molecule has 0 aliphatic rings. The molecule has 4 aromatic carbocycles. The van der Waals surface area contributed by atoms with Gasteiger partial charge in [0.1, 0.15) is 17.5 Å². The molecular weight excluding hydrogens is 404 g/mol. The van der Waals surface area contributed by atoms with Crippen LogP contribution in [0.2, 0.25) is 0 Å². The molecule has 33 heavy (non-hydrogen) atoms. The van der Waals surface area contributed by atoms with E-state index in [0.717, 1.165) is 44.1 Å². The summed E-state index contributed by atoms with van der Waals surface area (Å²) < 4.78 is 6.37. The number of aryl methyl sites for hydroxylation is 2. The topological polar surface area (TPSA) is 38.9 Å². The van der Waals surface area contributed by atoms with Gasteiger partial charge in [0, 0.05) is 27.1 Å². The van der Waals surface area contributed by atoms with Crippen LogP contribution in [-0.2, 0) is 5.41 Å². The van der Waals surface area contributed by atoms with Crippen LogP contribution in [0.4, 0.5) is 0 Å². The van der Waals surface area contributed by atoms with E-state index in [-0.39, 0.29) is 5.41 Å². The Morgan fingerprint density at radius 3 is 2.42 bits per heavy atom. The van der Waals surface area contributed by atoms with E-state index in [2.05, 4.69) is 95.3 Å². The van der Waals surface area contributed by atoms with E-state index in [1.807, 2.05) is 0 Å². The molecule has 162 valence electrons. The quantitative estimate of drug-likeness (QED) is 0.246. The fourth-order valence-electron chi connectivity index (χ4n) is 4.93. The maximum absolute atomic E-state index is 6.37. The van der Waals surface area contributed by atoms with Crippen LogP contribution in [0.5, 0.6) is 0 Å². The summed E-state index contributed by atoms with van der Waals surface area (Å²) in [5, 5.41) is 5.69. The van der Waals surface area contributed by atoms with Gasteiger partial charge in [0.15, 0.2) is 0 Å². The van der Waals surface area contributed by atoms with E-state index >= 15 is 0 Å². The molecular formula is C30H26N2O. The number of hydrogen-bond acceptors (Lipinski definition) is 3. The summed E-state index contributed by atoms with van der Waals surface area (Å²) in [5.74, 6) is 0. The normalized spacial score (nSPS) is 12.4. The van der Waals surface area contributed by atoms with Gasteiger partial charge in [0.05, 0.1) is 11.2 Å². The Kier molecular flexibility index (Phi) is 4.16. The number of fused-ring (bicyclic) bond motifs is 6. The minimum absolute atomic E-state index is 0.0973. The van der Waals surface area contributed by atoms with E-state index in [1.54, 1.807) is 6.33 Å². The molecule has 0 spiro atoms. The van der Waals surface area contributed by atoms with Crippen molar-refractivity contribution < 1.29 is 4.42 Å². The highest BCUT2D eigenvalue weighted by Crippen LogP contribution is 2.39. The van der Waals surface area contributed by atoms with Gasteiger partial charge < -0.3 is 4.42 Å². The molecule has 3 nitrogen and oxygen atoms in total. The lowest BCUT2D eigenvalue weighted by atomic mass is 9.84. The Morgan fingerprint density at radius 1 is 0.788 bits per heavy atom. The lowest BCUT2D eigenvalue weighted by molar-refractivity contribution is 0.590. The van der Waals surface area contributed by atoms with E-state index < -0.39 is 0 Å². The number of benzene rings is 4. The zero-order valence-corrected chi connectivity index (χ0v) is 19.7. The Balaban J connectivity index is 1.66. The van der Waals surface area contributed by atoms with Crippen LogP contribution < -0.4 is 0 Å². The van der Waals surface area contributed by atoms with Gasteiger partial charge in [-0.1, -0.05) is 63.2 Å². The first-order valence-corrected chi connectivity index (χ1v) is 11.4. The number of furan rings is 1. The summed E-state index contributed by atoms with van der Waals surface area (Å²) in [7, 11) is 0. The summed E-state index contributed by atoms with van der Waals surface area (Å²) in [4.78, 5) is 9.48. The minimum Gasteiger partial charge on any atom is -0.455 e. The van der Waals surface area contributed by atoms with Gasteiger partial charge in [0.2, 0.25) is 0 Å². The molecule has 0 atom stereocenters. The van der Waals surface area contributed by atoms with Gasteiger partial charge in [0.25, 0.3) is 0 Å². The molecule has 0 saturated carbocycles. The molecule has 0 saturated heterocycles. The van der Waals surface area contributed by atoms with E-state index in [0.29, 0.717) is 0 Å². The Bertz CT molecular complexity index is 1720. The monoisotopic (exact) mass is 430 g/mol. The second kappa shape index (κ2) is 6.89. The lowest BCUT2D eigenvalue weighted by Crippen LogP contribution is -2.11. The Hall–Kier alpha value is -3.72. The third kappa shape index (κ3) is 3.03. The van der Waals surface area contributed by atoms with Gasteiger partial charge in [-0.05, 0) is 59.5 Å². The molecule has 0 radical (unpaired) electrons. The number of rotatable bonds is 1. The summed E-state index contributed by atoms with van der Waals surface area (Å²) >= 11 is 0. The third-order valence-corrected chi connectivity index (χ3v) is 6.69. The first-order chi connectivity index (χ1) is 15.8. The van der Waals surface area contributed by atoms with Crippen LogP contribution in [0.25, 0.3) is 54.9 Å². The first-order valence-electron chi connectivity index (χ1n) is 11.4. The zero-order valence-electron chi connectivity index (χ0n) is 19.7. The number of aromatic nitrogens is 2. The maximum Gasteiger partial charge on any atom is 0.144 e. The highest BCUT2D eigenvalue weighted by atomic mass is 16.3. The van der Waals surface area contributed by atoms with Crippen molar-refractivity contribution >= 4 is 43.6 Å². The standard InChI is InChI=1S/C30H26N2O/c1-17-9-11-21-22-7-6-8-24(29(22)33-25(21)13-17)27-23-12-10-19-15-20(30(3,4)5)14-18(2)26(19)28(23)32-16-31-27/h6-16H,1-5H3. The van der Waals surface area contributed by atoms with Gasteiger partial charge in [-0.25, -0.2) is 9.97 Å². The number of nitrogens with zero attached hydrogens (tertiary/aromatic N) is 2. The molecule has 0 fully saturated rings. The van der Waals surface area contributed by atoms with Crippen molar-refractivity contribution in [3.05, 3.63) is 83.7 Å². The minimum atomic E-state index is 0.0973. The summed E-state index contributed by atoms with van der Waals surface area (Å²) in [6.07, 6.45) is 1.68. The molecule has 2 heterocycles. The van der Waals surface area contributed by atoms with Gasteiger partial charge in [-0.3, -0.25) is 0 Å². The highest BCUT2D eigenvalue weighted by Gasteiger charge is 2.19. The zero-order chi connectivity index (χ0) is 22.9.